The summed E-state index contributed by atoms with van der Waals surface area (Å²) in [4.78, 5) is 0. The van der Waals surface area contributed by atoms with Crippen LogP contribution in [0.3, 0.4) is 0 Å². The Hall–Kier alpha value is -1.18. The molecule has 0 aromatic heterocycles. The molecular formula is C14H13Cl2N. The van der Waals surface area contributed by atoms with Gasteiger partial charge in [0.25, 0.3) is 0 Å². The molecule has 0 amide bonds. The first kappa shape index (κ1) is 12.3. The van der Waals surface area contributed by atoms with Crippen LogP contribution in [0.5, 0.6) is 0 Å². The highest BCUT2D eigenvalue weighted by Crippen LogP contribution is 2.33. The van der Waals surface area contributed by atoms with E-state index in [2.05, 4.69) is 13.0 Å². The van der Waals surface area contributed by atoms with Crippen LogP contribution in [0.1, 0.15) is 11.1 Å². The van der Waals surface area contributed by atoms with E-state index in [0.29, 0.717) is 10.7 Å². The lowest BCUT2D eigenvalue weighted by Crippen LogP contribution is -1.89. The van der Waals surface area contributed by atoms with Crippen LogP contribution < -0.4 is 5.73 Å². The molecule has 0 aliphatic rings. The van der Waals surface area contributed by atoms with Gasteiger partial charge < -0.3 is 5.73 Å². The predicted octanol–water partition coefficient (Wildman–Crippen LogP) is 4.86. The Morgan fingerprint density at radius 2 is 1.53 bits per heavy atom. The number of aryl methyl sites for hydroxylation is 2. The second-order valence-corrected chi connectivity index (χ2v) is 4.97. The van der Waals surface area contributed by atoms with E-state index in [1.807, 2.05) is 25.1 Å². The normalized spacial score (nSPS) is 10.6. The number of nitrogens with two attached hydrogens (primary N) is 1. The van der Waals surface area contributed by atoms with Crippen molar-refractivity contribution in [3.8, 4) is 11.1 Å². The summed E-state index contributed by atoms with van der Waals surface area (Å²) in [6.07, 6.45) is 0. The summed E-state index contributed by atoms with van der Waals surface area (Å²) in [6.45, 7) is 4.11. The second kappa shape index (κ2) is 4.59. The monoisotopic (exact) mass is 265 g/mol. The molecule has 0 spiro atoms. The average molecular weight is 266 g/mol. The fourth-order valence-electron chi connectivity index (χ4n) is 1.70. The van der Waals surface area contributed by atoms with Crippen molar-refractivity contribution < 1.29 is 0 Å². The largest absolute Gasteiger partial charge is 0.398 e. The Morgan fingerprint density at radius 1 is 0.882 bits per heavy atom. The van der Waals surface area contributed by atoms with Gasteiger partial charge in [-0.3, -0.25) is 0 Å². The van der Waals surface area contributed by atoms with Crippen LogP contribution in [0.15, 0.2) is 30.3 Å². The lowest BCUT2D eigenvalue weighted by Gasteiger charge is -2.09. The van der Waals surface area contributed by atoms with Crippen molar-refractivity contribution in [1.29, 1.82) is 0 Å². The third kappa shape index (κ3) is 2.41. The maximum absolute atomic E-state index is 6.25. The summed E-state index contributed by atoms with van der Waals surface area (Å²) in [5, 5.41) is 1.28. The first-order chi connectivity index (χ1) is 7.99. The molecule has 17 heavy (non-hydrogen) atoms. The van der Waals surface area contributed by atoms with Crippen LogP contribution in [-0.2, 0) is 0 Å². The Kier molecular flexibility index (Phi) is 3.32. The highest BCUT2D eigenvalue weighted by atomic mass is 35.5. The molecule has 2 aromatic carbocycles. The Morgan fingerprint density at radius 3 is 2.18 bits per heavy atom. The van der Waals surface area contributed by atoms with Crippen molar-refractivity contribution in [2.24, 2.45) is 0 Å². The van der Waals surface area contributed by atoms with Crippen molar-refractivity contribution in [3.05, 3.63) is 51.5 Å². The lowest BCUT2D eigenvalue weighted by atomic mass is 10.0. The number of nitrogen functional groups attached to an aromatic ring is 1. The van der Waals surface area contributed by atoms with Crippen molar-refractivity contribution >= 4 is 28.9 Å². The van der Waals surface area contributed by atoms with E-state index in [1.165, 1.54) is 11.1 Å². The first-order valence-corrected chi connectivity index (χ1v) is 6.07. The fraction of sp³-hybridized carbons (Fsp3) is 0.143. The SMILES string of the molecule is Cc1cc(Cl)c(-c2ccc(N)c(Cl)c2)cc1C. The molecule has 0 radical (unpaired) electrons. The first-order valence-electron chi connectivity index (χ1n) is 5.31. The topological polar surface area (TPSA) is 26.0 Å². The van der Waals surface area contributed by atoms with E-state index in [0.717, 1.165) is 16.1 Å². The van der Waals surface area contributed by atoms with Crippen LogP contribution in [-0.4, -0.2) is 0 Å². The molecule has 0 saturated carbocycles. The zero-order chi connectivity index (χ0) is 12.6. The Balaban J connectivity index is 2.60. The smallest absolute Gasteiger partial charge is 0.0641 e. The standard InChI is InChI=1S/C14H13Cl2N/c1-8-5-11(12(15)6-9(8)2)10-3-4-14(17)13(16)7-10/h3-7H,17H2,1-2H3. The minimum Gasteiger partial charge on any atom is -0.398 e. The summed E-state index contributed by atoms with van der Waals surface area (Å²) in [5.41, 5.74) is 10.6. The third-order valence-corrected chi connectivity index (χ3v) is 3.53. The number of halogens is 2. The van der Waals surface area contributed by atoms with E-state index in [-0.39, 0.29) is 0 Å². The zero-order valence-corrected chi connectivity index (χ0v) is 11.2. The van der Waals surface area contributed by atoms with E-state index in [9.17, 15) is 0 Å². The number of rotatable bonds is 1. The molecule has 3 heteroatoms. The van der Waals surface area contributed by atoms with Gasteiger partial charge in [0, 0.05) is 10.6 Å². The van der Waals surface area contributed by atoms with E-state index >= 15 is 0 Å². The van der Waals surface area contributed by atoms with Crippen molar-refractivity contribution in [2.75, 3.05) is 5.73 Å². The van der Waals surface area contributed by atoms with Gasteiger partial charge in [0.05, 0.1) is 10.7 Å². The Bertz CT molecular complexity index is 577. The van der Waals surface area contributed by atoms with Gasteiger partial charge in [-0.15, -0.1) is 0 Å². The summed E-state index contributed by atoms with van der Waals surface area (Å²) in [6, 6.07) is 9.60. The molecule has 2 rings (SSSR count). The molecular weight excluding hydrogens is 253 g/mol. The molecule has 0 saturated heterocycles. The van der Waals surface area contributed by atoms with Crippen LogP contribution >= 0.6 is 23.2 Å². The summed E-state index contributed by atoms with van der Waals surface area (Å²) < 4.78 is 0. The van der Waals surface area contributed by atoms with Crippen LogP contribution in [0.4, 0.5) is 5.69 Å². The van der Waals surface area contributed by atoms with E-state index in [1.54, 1.807) is 6.07 Å². The van der Waals surface area contributed by atoms with E-state index < -0.39 is 0 Å². The summed E-state index contributed by atoms with van der Waals surface area (Å²) in [7, 11) is 0. The van der Waals surface area contributed by atoms with Gasteiger partial charge in [-0.1, -0.05) is 29.3 Å². The van der Waals surface area contributed by atoms with Gasteiger partial charge in [-0.2, -0.15) is 0 Å². The van der Waals surface area contributed by atoms with Gasteiger partial charge in [0.15, 0.2) is 0 Å². The molecule has 0 bridgehead atoms. The van der Waals surface area contributed by atoms with Crippen LogP contribution in [0.2, 0.25) is 10.0 Å². The number of benzene rings is 2. The maximum atomic E-state index is 6.25. The predicted molar refractivity (Wildman–Crippen MR) is 75.8 cm³/mol. The lowest BCUT2D eigenvalue weighted by molar-refractivity contribution is 1.34. The van der Waals surface area contributed by atoms with Gasteiger partial charge in [0.1, 0.15) is 0 Å². The van der Waals surface area contributed by atoms with Crippen LogP contribution in [0.25, 0.3) is 11.1 Å². The van der Waals surface area contributed by atoms with Crippen molar-refractivity contribution in [1.82, 2.24) is 0 Å². The molecule has 0 atom stereocenters. The third-order valence-electron chi connectivity index (χ3n) is 2.89. The minimum absolute atomic E-state index is 0.553. The quantitative estimate of drug-likeness (QED) is 0.733. The van der Waals surface area contributed by atoms with Gasteiger partial charge >= 0.3 is 0 Å². The number of anilines is 1. The maximum Gasteiger partial charge on any atom is 0.0641 e. The molecule has 0 aliphatic carbocycles. The molecule has 2 aromatic rings. The average Bonchev–Trinajstić information content (AvgIpc) is 2.27. The summed E-state index contributed by atoms with van der Waals surface area (Å²) in [5.74, 6) is 0. The van der Waals surface area contributed by atoms with Gasteiger partial charge in [-0.05, 0) is 54.8 Å². The highest BCUT2D eigenvalue weighted by Gasteiger charge is 2.07. The fourth-order valence-corrected chi connectivity index (χ4v) is 2.20. The Labute approximate surface area is 111 Å². The van der Waals surface area contributed by atoms with Crippen LogP contribution in [0, 0.1) is 13.8 Å². The number of hydrogen-bond acceptors (Lipinski definition) is 1. The van der Waals surface area contributed by atoms with Gasteiger partial charge in [-0.25, -0.2) is 0 Å². The molecule has 0 aliphatic heterocycles. The summed E-state index contributed by atoms with van der Waals surface area (Å²) >= 11 is 12.3. The molecule has 0 fully saturated rings. The number of hydrogen-bond donors (Lipinski definition) is 1. The van der Waals surface area contributed by atoms with Gasteiger partial charge in [0.2, 0.25) is 0 Å². The molecule has 1 nitrogen and oxygen atoms in total. The van der Waals surface area contributed by atoms with Crippen molar-refractivity contribution in [2.45, 2.75) is 13.8 Å². The molecule has 0 unspecified atom stereocenters. The van der Waals surface area contributed by atoms with Crippen molar-refractivity contribution in [3.63, 3.8) is 0 Å². The zero-order valence-electron chi connectivity index (χ0n) is 9.72. The molecule has 2 N–H and O–H groups in total. The minimum atomic E-state index is 0.553. The molecule has 88 valence electrons. The molecule has 0 heterocycles. The second-order valence-electron chi connectivity index (χ2n) is 4.15. The highest BCUT2D eigenvalue weighted by molar-refractivity contribution is 6.34. The van der Waals surface area contributed by atoms with E-state index in [4.69, 9.17) is 28.9 Å².